The van der Waals surface area contributed by atoms with Crippen molar-refractivity contribution in [2.75, 3.05) is 12.4 Å². The molecule has 3 aromatic carbocycles. The number of rotatable bonds is 6. The highest BCUT2D eigenvalue weighted by Gasteiger charge is 2.10. The number of halogens is 1. The van der Waals surface area contributed by atoms with Gasteiger partial charge in [0.05, 0.1) is 17.7 Å². The standard InChI is InChI=1S/C23H18ClNO3/c1-28-19-9-5-7-17(15-19)22(26)13-12-16-6-4-8-18(14-16)25-23(27)20-10-2-3-11-21(20)24/h2-15H,1H3,(H,25,27)/b13-12+. The van der Waals surface area contributed by atoms with Gasteiger partial charge in [0.25, 0.3) is 5.91 Å². The van der Waals surface area contributed by atoms with Gasteiger partial charge in [-0.3, -0.25) is 9.59 Å². The Morgan fingerprint density at radius 1 is 0.964 bits per heavy atom. The number of hydrogen-bond acceptors (Lipinski definition) is 3. The van der Waals surface area contributed by atoms with Gasteiger partial charge >= 0.3 is 0 Å². The van der Waals surface area contributed by atoms with E-state index >= 15 is 0 Å². The van der Waals surface area contributed by atoms with Crippen molar-refractivity contribution in [3.63, 3.8) is 0 Å². The average molecular weight is 392 g/mol. The minimum Gasteiger partial charge on any atom is -0.497 e. The first-order valence-corrected chi connectivity index (χ1v) is 8.97. The number of benzene rings is 3. The van der Waals surface area contributed by atoms with Crippen LogP contribution in [0, 0.1) is 0 Å². The summed E-state index contributed by atoms with van der Waals surface area (Å²) in [7, 11) is 1.56. The van der Waals surface area contributed by atoms with E-state index in [2.05, 4.69) is 5.32 Å². The third-order valence-electron chi connectivity index (χ3n) is 4.04. The predicted molar refractivity (Wildman–Crippen MR) is 112 cm³/mol. The molecular formula is C23H18ClNO3. The SMILES string of the molecule is COc1cccc(C(=O)/C=C/c2cccc(NC(=O)c3ccccc3Cl)c2)c1. The molecule has 1 amide bonds. The van der Waals surface area contributed by atoms with E-state index in [-0.39, 0.29) is 11.7 Å². The van der Waals surface area contributed by atoms with E-state index in [1.807, 2.05) is 6.07 Å². The Balaban J connectivity index is 1.72. The van der Waals surface area contributed by atoms with E-state index in [0.29, 0.717) is 27.6 Å². The summed E-state index contributed by atoms with van der Waals surface area (Å²) in [6.45, 7) is 0. The second-order valence-corrected chi connectivity index (χ2v) is 6.40. The summed E-state index contributed by atoms with van der Waals surface area (Å²) < 4.78 is 5.14. The van der Waals surface area contributed by atoms with Gasteiger partial charge in [-0.2, -0.15) is 0 Å². The lowest BCUT2D eigenvalue weighted by atomic mass is 10.1. The fourth-order valence-corrected chi connectivity index (χ4v) is 2.83. The number of hydrogen-bond donors (Lipinski definition) is 1. The van der Waals surface area contributed by atoms with Gasteiger partial charge in [0.15, 0.2) is 5.78 Å². The first-order valence-electron chi connectivity index (χ1n) is 8.59. The molecular weight excluding hydrogens is 374 g/mol. The number of anilines is 1. The molecule has 0 radical (unpaired) electrons. The summed E-state index contributed by atoms with van der Waals surface area (Å²) >= 11 is 6.06. The molecule has 28 heavy (non-hydrogen) atoms. The minimum atomic E-state index is -0.292. The number of ketones is 1. The van der Waals surface area contributed by atoms with Gasteiger partial charge in [0.2, 0.25) is 0 Å². The van der Waals surface area contributed by atoms with Gasteiger partial charge < -0.3 is 10.1 Å². The molecule has 0 aliphatic heterocycles. The zero-order valence-corrected chi connectivity index (χ0v) is 15.9. The maximum Gasteiger partial charge on any atom is 0.257 e. The van der Waals surface area contributed by atoms with E-state index in [9.17, 15) is 9.59 Å². The Hall–Kier alpha value is -3.37. The van der Waals surface area contributed by atoms with Crippen LogP contribution in [0.25, 0.3) is 6.08 Å². The molecule has 140 valence electrons. The van der Waals surface area contributed by atoms with Crippen molar-refractivity contribution >= 4 is 35.1 Å². The summed E-state index contributed by atoms with van der Waals surface area (Å²) in [4.78, 5) is 24.7. The highest BCUT2D eigenvalue weighted by molar-refractivity contribution is 6.34. The van der Waals surface area contributed by atoms with Gasteiger partial charge in [0, 0.05) is 11.3 Å². The van der Waals surface area contributed by atoms with Gasteiger partial charge in [0.1, 0.15) is 5.75 Å². The van der Waals surface area contributed by atoms with Crippen LogP contribution in [0.1, 0.15) is 26.3 Å². The van der Waals surface area contributed by atoms with E-state index in [1.165, 1.54) is 6.08 Å². The molecule has 0 saturated heterocycles. The normalized spacial score (nSPS) is 10.6. The van der Waals surface area contributed by atoms with Crippen LogP contribution < -0.4 is 10.1 Å². The Labute approximate surface area is 168 Å². The van der Waals surface area contributed by atoms with E-state index in [1.54, 1.807) is 79.9 Å². The molecule has 0 aliphatic rings. The lowest BCUT2D eigenvalue weighted by Gasteiger charge is -2.07. The fraction of sp³-hybridized carbons (Fsp3) is 0.0435. The molecule has 0 aromatic heterocycles. The van der Waals surface area contributed by atoms with Gasteiger partial charge in [-0.05, 0) is 48.0 Å². The number of carbonyl (C=O) groups excluding carboxylic acids is 2. The second-order valence-electron chi connectivity index (χ2n) is 5.99. The third-order valence-corrected chi connectivity index (χ3v) is 4.37. The molecule has 1 N–H and O–H groups in total. The zero-order valence-electron chi connectivity index (χ0n) is 15.2. The summed E-state index contributed by atoms with van der Waals surface area (Å²) in [6.07, 6.45) is 3.19. The number of allylic oxidation sites excluding steroid dienone is 1. The van der Waals surface area contributed by atoms with Crippen molar-refractivity contribution in [2.24, 2.45) is 0 Å². The molecule has 0 heterocycles. The average Bonchev–Trinajstić information content (AvgIpc) is 2.72. The number of methoxy groups -OCH3 is 1. The van der Waals surface area contributed by atoms with Crippen molar-refractivity contribution in [3.05, 3.63) is 101 Å². The smallest absolute Gasteiger partial charge is 0.257 e. The van der Waals surface area contributed by atoms with Crippen LogP contribution in [0.5, 0.6) is 5.75 Å². The molecule has 0 atom stereocenters. The van der Waals surface area contributed by atoms with Gasteiger partial charge in [-0.15, -0.1) is 0 Å². The van der Waals surface area contributed by atoms with Crippen LogP contribution in [0.3, 0.4) is 0 Å². The van der Waals surface area contributed by atoms with Crippen LogP contribution >= 0.6 is 11.6 Å². The minimum absolute atomic E-state index is 0.135. The third kappa shape index (κ3) is 4.87. The molecule has 0 bridgehead atoms. The zero-order chi connectivity index (χ0) is 19.9. The lowest BCUT2D eigenvalue weighted by Crippen LogP contribution is -2.12. The summed E-state index contributed by atoms with van der Waals surface area (Å²) in [5, 5.41) is 3.20. The Kier molecular flexibility index (Phi) is 6.25. The predicted octanol–water partition coefficient (Wildman–Crippen LogP) is 5.50. The van der Waals surface area contributed by atoms with Crippen LogP contribution in [-0.4, -0.2) is 18.8 Å². The maximum atomic E-state index is 12.4. The molecule has 3 aromatic rings. The first kappa shape index (κ1) is 19.4. The van der Waals surface area contributed by atoms with Crippen molar-refractivity contribution in [3.8, 4) is 5.75 Å². The Morgan fingerprint density at radius 2 is 1.75 bits per heavy atom. The quantitative estimate of drug-likeness (QED) is 0.446. The summed E-state index contributed by atoms with van der Waals surface area (Å²) in [5.41, 5.74) is 2.34. The number of nitrogens with one attached hydrogen (secondary N) is 1. The lowest BCUT2D eigenvalue weighted by molar-refractivity contribution is 0.102. The van der Waals surface area contributed by atoms with E-state index < -0.39 is 0 Å². The van der Waals surface area contributed by atoms with Gasteiger partial charge in [-0.25, -0.2) is 0 Å². The first-order chi connectivity index (χ1) is 13.6. The molecule has 0 saturated carbocycles. The van der Waals surface area contributed by atoms with Crippen molar-refractivity contribution in [2.45, 2.75) is 0 Å². The molecule has 0 fully saturated rings. The maximum absolute atomic E-state index is 12.4. The number of ether oxygens (including phenoxy) is 1. The molecule has 3 rings (SSSR count). The van der Waals surface area contributed by atoms with Crippen molar-refractivity contribution in [1.29, 1.82) is 0 Å². The Morgan fingerprint density at radius 3 is 2.54 bits per heavy atom. The highest BCUT2D eigenvalue weighted by Crippen LogP contribution is 2.19. The molecule has 5 heteroatoms. The van der Waals surface area contributed by atoms with Crippen LogP contribution in [0.15, 0.2) is 78.9 Å². The number of amides is 1. The topological polar surface area (TPSA) is 55.4 Å². The van der Waals surface area contributed by atoms with Crippen LogP contribution in [-0.2, 0) is 0 Å². The molecule has 4 nitrogen and oxygen atoms in total. The largest absolute Gasteiger partial charge is 0.497 e. The van der Waals surface area contributed by atoms with Crippen LogP contribution in [0.4, 0.5) is 5.69 Å². The molecule has 0 aliphatic carbocycles. The summed E-state index contributed by atoms with van der Waals surface area (Å²) in [6, 6.07) is 21.0. The molecule has 0 spiro atoms. The van der Waals surface area contributed by atoms with E-state index in [0.717, 1.165) is 5.56 Å². The van der Waals surface area contributed by atoms with Crippen LogP contribution in [0.2, 0.25) is 5.02 Å². The van der Waals surface area contributed by atoms with Gasteiger partial charge in [-0.1, -0.05) is 54.1 Å². The van der Waals surface area contributed by atoms with Crippen molar-refractivity contribution in [1.82, 2.24) is 0 Å². The molecule has 0 unspecified atom stereocenters. The monoisotopic (exact) mass is 391 g/mol. The highest BCUT2D eigenvalue weighted by atomic mass is 35.5. The Bertz CT molecular complexity index is 1040. The second kappa shape index (κ2) is 9.02. The fourth-order valence-electron chi connectivity index (χ4n) is 2.61. The number of carbonyl (C=O) groups is 2. The van der Waals surface area contributed by atoms with E-state index in [4.69, 9.17) is 16.3 Å². The van der Waals surface area contributed by atoms with Crippen molar-refractivity contribution < 1.29 is 14.3 Å². The summed E-state index contributed by atoms with van der Waals surface area (Å²) in [5.74, 6) is 0.201.